The van der Waals surface area contributed by atoms with Crippen molar-refractivity contribution < 1.29 is 4.74 Å². The van der Waals surface area contributed by atoms with Crippen LogP contribution in [0.3, 0.4) is 0 Å². The van der Waals surface area contributed by atoms with Crippen molar-refractivity contribution in [3.63, 3.8) is 0 Å². The molecule has 0 spiro atoms. The first kappa shape index (κ1) is 11.0. The van der Waals surface area contributed by atoms with Gasteiger partial charge in [-0.2, -0.15) is 0 Å². The molecule has 0 radical (unpaired) electrons. The van der Waals surface area contributed by atoms with Crippen molar-refractivity contribution in [2.45, 2.75) is 25.8 Å². The highest BCUT2D eigenvalue weighted by Gasteiger charge is 2.15. The molecule has 1 N–H and O–H groups in total. The molecule has 1 aliphatic heterocycles. The predicted octanol–water partition coefficient (Wildman–Crippen LogP) is 3.21. The van der Waals surface area contributed by atoms with Crippen LogP contribution < -0.4 is 5.32 Å². The molecular weight excluding hydrogens is 254 g/mol. The van der Waals surface area contributed by atoms with Crippen molar-refractivity contribution in [3.8, 4) is 0 Å². The lowest BCUT2D eigenvalue weighted by atomic mass is 10.1. The number of ether oxygens (including phenoxy) is 1. The second kappa shape index (κ2) is 4.99. The Bertz CT molecular complexity index is 334. The Balaban J connectivity index is 2.12. The molecule has 2 nitrogen and oxygen atoms in total. The topological polar surface area (TPSA) is 21.3 Å². The van der Waals surface area contributed by atoms with Crippen molar-refractivity contribution in [1.29, 1.82) is 0 Å². The normalized spacial score (nSPS) is 20.5. The molecular formula is C12H16BrNO. The number of rotatable bonds is 3. The highest BCUT2D eigenvalue weighted by atomic mass is 79.9. The van der Waals surface area contributed by atoms with E-state index in [1.807, 2.05) is 0 Å². The fraction of sp³-hybridized carbons (Fsp3) is 0.500. The summed E-state index contributed by atoms with van der Waals surface area (Å²) >= 11 is 3.50. The standard InChI is InChI=1S/C12H16BrNO/c1-2-9-7-10(13)3-4-12(9)14-11-5-6-15-8-11/h3-4,7,11,14H,2,5-6,8H2,1H3. The summed E-state index contributed by atoms with van der Waals surface area (Å²) in [5.41, 5.74) is 2.60. The smallest absolute Gasteiger partial charge is 0.0668 e. The predicted molar refractivity (Wildman–Crippen MR) is 66.4 cm³/mol. The highest BCUT2D eigenvalue weighted by Crippen LogP contribution is 2.23. The first-order valence-electron chi connectivity index (χ1n) is 5.42. The van der Waals surface area contributed by atoms with Crippen LogP contribution in [0.4, 0.5) is 5.69 Å². The van der Waals surface area contributed by atoms with Gasteiger partial charge in [-0.15, -0.1) is 0 Å². The van der Waals surface area contributed by atoms with Crippen LogP contribution in [0.25, 0.3) is 0 Å². The van der Waals surface area contributed by atoms with Gasteiger partial charge in [-0.05, 0) is 36.6 Å². The second-order valence-corrected chi connectivity index (χ2v) is 4.78. The maximum Gasteiger partial charge on any atom is 0.0668 e. The molecule has 0 saturated carbocycles. The van der Waals surface area contributed by atoms with E-state index in [1.165, 1.54) is 11.3 Å². The van der Waals surface area contributed by atoms with E-state index in [0.717, 1.165) is 30.5 Å². The minimum atomic E-state index is 0.483. The number of nitrogens with one attached hydrogen (secondary N) is 1. The van der Waals surface area contributed by atoms with Gasteiger partial charge in [-0.1, -0.05) is 22.9 Å². The summed E-state index contributed by atoms with van der Waals surface area (Å²) in [4.78, 5) is 0. The van der Waals surface area contributed by atoms with E-state index >= 15 is 0 Å². The third kappa shape index (κ3) is 2.73. The van der Waals surface area contributed by atoms with Crippen LogP contribution >= 0.6 is 15.9 Å². The zero-order chi connectivity index (χ0) is 10.7. The van der Waals surface area contributed by atoms with Gasteiger partial charge in [0.25, 0.3) is 0 Å². The van der Waals surface area contributed by atoms with Gasteiger partial charge in [0, 0.05) is 16.8 Å². The summed E-state index contributed by atoms with van der Waals surface area (Å²) < 4.78 is 6.50. The summed E-state index contributed by atoms with van der Waals surface area (Å²) in [5, 5.41) is 3.54. The van der Waals surface area contributed by atoms with Crippen molar-refractivity contribution in [2.75, 3.05) is 18.5 Å². The van der Waals surface area contributed by atoms with E-state index in [4.69, 9.17) is 4.74 Å². The molecule has 1 aromatic rings. The molecule has 82 valence electrons. The number of benzene rings is 1. The largest absolute Gasteiger partial charge is 0.380 e. The SMILES string of the molecule is CCc1cc(Br)ccc1NC1CCOC1. The Kier molecular flexibility index (Phi) is 3.65. The zero-order valence-electron chi connectivity index (χ0n) is 8.92. The average molecular weight is 270 g/mol. The molecule has 0 aliphatic carbocycles. The summed E-state index contributed by atoms with van der Waals surface area (Å²) in [7, 11) is 0. The van der Waals surface area contributed by atoms with Gasteiger partial charge < -0.3 is 10.1 Å². The fourth-order valence-corrected chi connectivity index (χ4v) is 2.27. The fourth-order valence-electron chi connectivity index (χ4n) is 1.86. The molecule has 15 heavy (non-hydrogen) atoms. The zero-order valence-corrected chi connectivity index (χ0v) is 10.5. The summed E-state index contributed by atoms with van der Waals surface area (Å²) in [6.45, 7) is 3.90. The minimum absolute atomic E-state index is 0.483. The lowest BCUT2D eigenvalue weighted by Crippen LogP contribution is -2.19. The van der Waals surface area contributed by atoms with Gasteiger partial charge >= 0.3 is 0 Å². The molecule has 1 aromatic carbocycles. The molecule has 0 amide bonds. The lowest BCUT2D eigenvalue weighted by Gasteiger charge is -2.15. The van der Waals surface area contributed by atoms with Gasteiger partial charge in [0.1, 0.15) is 0 Å². The lowest BCUT2D eigenvalue weighted by molar-refractivity contribution is 0.195. The third-order valence-corrected chi connectivity index (χ3v) is 3.23. The van der Waals surface area contributed by atoms with Crippen LogP contribution in [-0.2, 0) is 11.2 Å². The molecule has 2 rings (SSSR count). The van der Waals surface area contributed by atoms with E-state index in [1.54, 1.807) is 0 Å². The molecule has 3 heteroatoms. The number of hydrogen-bond donors (Lipinski definition) is 1. The monoisotopic (exact) mass is 269 g/mol. The number of halogens is 1. The van der Waals surface area contributed by atoms with Crippen LogP contribution in [0.5, 0.6) is 0 Å². The summed E-state index contributed by atoms with van der Waals surface area (Å²) in [6.07, 6.45) is 2.16. The van der Waals surface area contributed by atoms with Crippen LogP contribution in [0.1, 0.15) is 18.9 Å². The Morgan fingerprint density at radius 1 is 1.53 bits per heavy atom. The van der Waals surface area contributed by atoms with E-state index in [2.05, 4.69) is 46.4 Å². The molecule has 1 unspecified atom stereocenters. The maximum absolute atomic E-state index is 5.35. The minimum Gasteiger partial charge on any atom is -0.380 e. The Labute approximate surface area is 99.1 Å². The van der Waals surface area contributed by atoms with E-state index in [0.29, 0.717) is 6.04 Å². The number of hydrogen-bond acceptors (Lipinski definition) is 2. The molecule has 0 bridgehead atoms. The third-order valence-electron chi connectivity index (χ3n) is 2.74. The molecule has 1 aliphatic rings. The van der Waals surface area contributed by atoms with Gasteiger partial charge in [-0.3, -0.25) is 0 Å². The van der Waals surface area contributed by atoms with E-state index in [-0.39, 0.29) is 0 Å². The molecule has 1 fully saturated rings. The van der Waals surface area contributed by atoms with Crippen molar-refractivity contribution in [2.24, 2.45) is 0 Å². The van der Waals surface area contributed by atoms with Crippen molar-refractivity contribution >= 4 is 21.6 Å². The van der Waals surface area contributed by atoms with Crippen molar-refractivity contribution in [1.82, 2.24) is 0 Å². The van der Waals surface area contributed by atoms with Gasteiger partial charge in [0.05, 0.1) is 12.6 Å². The van der Waals surface area contributed by atoms with E-state index < -0.39 is 0 Å². The van der Waals surface area contributed by atoms with Crippen molar-refractivity contribution in [3.05, 3.63) is 28.2 Å². The first-order chi connectivity index (χ1) is 7.29. The molecule has 1 atom stereocenters. The van der Waals surface area contributed by atoms with E-state index in [9.17, 15) is 0 Å². The Morgan fingerprint density at radius 2 is 2.40 bits per heavy atom. The summed E-state index contributed by atoms with van der Waals surface area (Å²) in [6, 6.07) is 6.88. The molecule has 1 heterocycles. The van der Waals surface area contributed by atoms with Gasteiger partial charge in [-0.25, -0.2) is 0 Å². The molecule has 0 aromatic heterocycles. The maximum atomic E-state index is 5.35. The number of aryl methyl sites for hydroxylation is 1. The highest BCUT2D eigenvalue weighted by molar-refractivity contribution is 9.10. The first-order valence-corrected chi connectivity index (χ1v) is 6.21. The Hall–Kier alpha value is -0.540. The second-order valence-electron chi connectivity index (χ2n) is 3.86. The molecule has 1 saturated heterocycles. The van der Waals surface area contributed by atoms with Crippen LogP contribution in [-0.4, -0.2) is 19.3 Å². The van der Waals surface area contributed by atoms with Gasteiger partial charge in [0.2, 0.25) is 0 Å². The summed E-state index contributed by atoms with van der Waals surface area (Å²) in [5.74, 6) is 0. The average Bonchev–Trinajstić information content (AvgIpc) is 2.73. The van der Waals surface area contributed by atoms with Crippen LogP contribution in [0.2, 0.25) is 0 Å². The van der Waals surface area contributed by atoms with Crippen LogP contribution in [0.15, 0.2) is 22.7 Å². The number of anilines is 1. The quantitative estimate of drug-likeness (QED) is 0.910. The van der Waals surface area contributed by atoms with Crippen LogP contribution in [0, 0.1) is 0 Å². The Morgan fingerprint density at radius 3 is 3.07 bits per heavy atom. The van der Waals surface area contributed by atoms with Gasteiger partial charge in [0.15, 0.2) is 0 Å².